The molecule has 1 aromatic carbocycles. The van der Waals surface area contributed by atoms with Crippen molar-refractivity contribution in [2.75, 3.05) is 23.8 Å². The van der Waals surface area contributed by atoms with Gasteiger partial charge in [-0.25, -0.2) is 12.8 Å². The lowest BCUT2D eigenvalue weighted by Crippen LogP contribution is -2.42. The monoisotopic (exact) mass is 550 g/mol. The fourth-order valence-electron chi connectivity index (χ4n) is 6.56. The van der Waals surface area contributed by atoms with Crippen molar-refractivity contribution in [2.45, 2.75) is 69.8 Å². The van der Waals surface area contributed by atoms with Gasteiger partial charge in [-0.3, -0.25) is 9.36 Å². The fraction of sp³-hybridized carbons (Fsp3) is 0.654. The van der Waals surface area contributed by atoms with E-state index in [9.17, 15) is 17.6 Å². The number of ether oxygens (including phenoxy) is 1. The van der Waals surface area contributed by atoms with Gasteiger partial charge in [0.15, 0.2) is 32.4 Å². The Morgan fingerprint density at radius 2 is 2.05 bits per heavy atom. The van der Waals surface area contributed by atoms with Crippen LogP contribution in [0.5, 0.6) is 5.75 Å². The molecule has 2 saturated carbocycles. The Hall–Kier alpha value is -2.14. The van der Waals surface area contributed by atoms with E-state index < -0.39 is 15.7 Å². The number of amides is 1. The number of carbonyl (C=O) groups is 1. The number of hydrogen-bond donors (Lipinski definition) is 0. The molecule has 3 fully saturated rings. The van der Waals surface area contributed by atoms with Crippen LogP contribution in [0, 0.1) is 23.6 Å². The lowest BCUT2D eigenvalue weighted by molar-refractivity contribution is -0.129. The predicted molar refractivity (Wildman–Crippen MR) is 140 cm³/mol. The Bertz CT molecular complexity index is 1240. The molecule has 2 heterocycles. The van der Waals surface area contributed by atoms with Gasteiger partial charge in [-0.05, 0) is 69.4 Å². The zero-order chi connectivity index (χ0) is 26.2. The zero-order valence-electron chi connectivity index (χ0n) is 21.4. The lowest BCUT2D eigenvalue weighted by Gasteiger charge is -2.30. The van der Waals surface area contributed by atoms with Crippen LogP contribution in [0.1, 0.15) is 57.8 Å². The van der Waals surface area contributed by atoms with Crippen LogP contribution in [-0.4, -0.2) is 63.8 Å². The van der Waals surface area contributed by atoms with E-state index in [1.54, 1.807) is 23.1 Å². The standard InChI is InChI=1S/C26H35FN4O4S2/c1-3-30(20-10-11-37(33,34)16-20)25(32)15-36-26-29-28-24(14-35-23-7-5-4-6-22(23)27)31(26)17(2)21-13-18-8-9-19(21)12-18/h4-7,17-21H,3,8-16H2,1-2H3/t17-,18+,19+,20-,21-/m1/s1. The summed E-state index contributed by atoms with van der Waals surface area (Å²) in [5, 5.41) is 9.46. The first-order valence-electron chi connectivity index (χ1n) is 13.2. The number of fused-ring (bicyclic) bond motifs is 2. The summed E-state index contributed by atoms with van der Waals surface area (Å²) in [5.41, 5.74) is 0. The lowest BCUT2D eigenvalue weighted by atomic mass is 9.84. The van der Waals surface area contributed by atoms with Gasteiger partial charge in [0, 0.05) is 18.6 Å². The van der Waals surface area contributed by atoms with Gasteiger partial charge in [0.1, 0.15) is 6.61 Å². The van der Waals surface area contributed by atoms with Gasteiger partial charge in [-0.15, -0.1) is 10.2 Å². The Morgan fingerprint density at radius 1 is 1.24 bits per heavy atom. The first kappa shape index (κ1) is 26.5. The van der Waals surface area contributed by atoms with Crippen LogP contribution in [0.25, 0.3) is 0 Å². The molecule has 202 valence electrons. The fourth-order valence-corrected chi connectivity index (χ4v) is 9.22. The average Bonchev–Trinajstić information content (AvgIpc) is 3.66. The summed E-state index contributed by atoms with van der Waals surface area (Å²) in [4.78, 5) is 14.8. The molecular weight excluding hydrogens is 515 g/mol. The van der Waals surface area contributed by atoms with Gasteiger partial charge in [0.25, 0.3) is 0 Å². The predicted octanol–water partition coefficient (Wildman–Crippen LogP) is 4.12. The topological polar surface area (TPSA) is 94.4 Å². The number of aromatic nitrogens is 3. The summed E-state index contributed by atoms with van der Waals surface area (Å²) in [5.74, 6) is 2.55. The molecule has 0 unspecified atom stereocenters. The maximum Gasteiger partial charge on any atom is 0.233 e. The molecule has 2 aliphatic carbocycles. The number of hydrogen-bond acceptors (Lipinski definition) is 7. The molecule has 0 radical (unpaired) electrons. The van der Waals surface area contributed by atoms with E-state index >= 15 is 0 Å². The molecule has 1 amide bonds. The number of halogens is 1. The maximum atomic E-state index is 14.1. The summed E-state index contributed by atoms with van der Waals surface area (Å²) < 4.78 is 45.9. The molecule has 37 heavy (non-hydrogen) atoms. The molecule has 0 spiro atoms. The number of benzene rings is 1. The van der Waals surface area contributed by atoms with E-state index in [-0.39, 0.29) is 47.6 Å². The Balaban J connectivity index is 1.33. The van der Waals surface area contributed by atoms with Gasteiger partial charge < -0.3 is 9.64 Å². The number of nitrogens with zero attached hydrogens (tertiary/aromatic N) is 4. The molecule has 1 aromatic heterocycles. The van der Waals surface area contributed by atoms with E-state index in [0.717, 1.165) is 5.92 Å². The van der Waals surface area contributed by atoms with Crippen molar-refractivity contribution in [2.24, 2.45) is 17.8 Å². The van der Waals surface area contributed by atoms with Crippen molar-refractivity contribution in [3.8, 4) is 5.75 Å². The van der Waals surface area contributed by atoms with Crippen LogP contribution in [0.4, 0.5) is 4.39 Å². The molecule has 2 aromatic rings. The highest BCUT2D eigenvalue weighted by atomic mass is 32.2. The van der Waals surface area contributed by atoms with Gasteiger partial charge >= 0.3 is 0 Å². The summed E-state index contributed by atoms with van der Waals surface area (Å²) in [7, 11) is -3.08. The van der Waals surface area contributed by atoms with E-state index in [1.807, 2.05) is 6.92 Å². The normalized spacial score (nSPS) is 26.9. The van der Waals surface area contributed by atoms with E-state index in [2.05, 4.69) is 21.7 Å². The molecule has 0 N–H and O–H groups in total. The van der Waals surface area contributed by atoms with Crippen LogP contribution in [0.3, 0.4) is 0 Å². The third kappa shape index (κ3) is 5.67. The zero-order valence-corrected chi connectivity index (χ0v) is 23.0. The van der Waals surface area contributed by atoms with E-state index in [1.165, 1.54) is 43.5 Å². The molecule has 8 nitrogen and oxygen atoms in total. The minimum Gasteiger partial charge on any atom is -0.483 e. The quantitative estimate of drug-likeness (QED) is 0.411. The summed E-state index contributed by atoms with van der Waals surface area (Å²) in [6.45, 7) is 4.62. The maximum absolute atomic E-state index is 14.1. The van der Waals surface area contributed by atoms with Crippen LogP contribution in [0.2, 0.25) is 0 Å². The van der Waals surface area contributed by atoms with Gasteiger partial charge in [0.05, 0.1) is 17.3 Å². The summed E-state index contributed by atoms with van der Waals surface area (Å²) in [6, 6.07) is 6.16. The number of para-hydroxylation sites is 1. The number of rotatable bonds is 10. The average molecular weight is 551 g/mol. The SMILES string of the molecule is CCN(C(=O)CSc1nnc(COc2ccccc2F)n1[C@H](C)[C@H]1C[C@H]2CC[C@H]1C2)[C@@H]1CCS(=O)(=O)C1. The summed E-state index contributed by atoms with van der Waals surface area (Å²) in [6.07, 6.45) is 5.50. The summed E-state index contributed by atoms with van der Waals surface area (Å²) >= 11 is 1.33. The van der Waals surface area contributed by atoms with Crippen molar-refractivity contribution in [3.63, 3.8) is 0 Å². The van der Waals surface area contributed by atoms with Crippen molar-refractivity contribution < 1.29 is 22.3 Å². The Labute approximate surface area is 222 Å². The van der Waals surface area contributed by atoms with Crippen molar-refractivity contribution >= 4 is 27.5 Å². The van der Waals surface area contributed by atoms with Crippen LogP contribution in [-0.2, 0) is 21.2 Å². The van der Waals surface area contributed by atoms with Gasteiger partial charge in [-0.1, -0.05) is 30.3 Å². The highest BCUT2D eigenvalue weighted by molar-refractivity contribution is 7.99. The number of sulfone groups is 1. The third-order valence-electron chi connectivity index (χ3n) is 8.38. The van der Waals surface area contributed by atoms with Crippen LogP contribution >= 0.6 is 11.8 Å². The van der Waals surface area contributed by atoms with Crippen molar-refractivity contribution in [1.29, 1.82) is 0 Å². The third-order valence-corrected chi connectivity index (χ3v) is 11.1. The van der Waals surface area contributed by atoms with Crippen LogP contribution < -0.4 is 4.74 Å². The van der Waals surface area contributed by atoms with E-state index in [4.69, 9.17) is 4.74 Å². The molecular formula is C26H35FN4O4S2. The molecule has 5 rings (SSSR count). The largest absolute Gasteiger partial charge is 0.483 e. The number of carbonyl (C=O) groups excluding carboxylic acids is 1. The molecule has 1 aliphatic heterocycles. The second-order valence-corrected chi connectivity index (χ2v) is 13.8. The van der Waals surface area contributed by atoms with Crippen molar-refractivity contribution in [3.05, 3.63) is 35.9 Å². The minimum atomic E-state index is -3.08. The van der Waals surface area contributed by atoms with Gasteiger partial charge in [0.2, 0.25) is 5.91 Å². The van der Waals surface area contributed by atoms with Crippen LogP contribution in [0.15, 0.2) is 29.4 Å². The molecule has 1 saturated heterocycles. The van der Waals surface area contributed by atoms with E-state index in [0.29, 0.717) is 35.8 Å². The smallest absolute Gasteiger partial charge is 0.233 e. The first-order chi connectivity index (χ1) is 17.8. The van der Waals surface area contributed by atoms with Gasteiger partial charge in [-0.2, -0.15) is 0 Å². The Morgan fingerprint density at radius 3 is 2.70 bits per heavy atom. The first-order valence-corrected chi connectivity index (χ1v) is 16.0. The highest BCUT2D eigenvalue weighted by Crippen LogP contribution is 2.52. The molecule has 2 bridgehead atoms. The second kappa shape index (κ2) is 10.9. The molecule has 3 aliphatic rings. The Kier molecular flexibility index (Phi) is 7.81. The minimum absolute atomic E-state index is 0.0340. The second-order valence-electron chi connectivity index (χ2n) is 10.6. The number of thioether (sulfide) groups is 1. The highest BCUT2D eigenvalue weighted by Gasteiger charge is 2.43. The van der Waals surface area contributed by atoms with Crippen molar-refractivity contribution in [1.82, 2.24) is 19.7 Å². The molecule has 11 heteroatoms. The molecule has 5 atom stereocenters.